The van der Waals surface area contributed by atoms with Crippen molar-refractivity contribution in [2.45, 2.75) is 13.3 Å². The van der Waals surface area contributed by atoms with Crippen molar-refractivity contribution in [1.29, 1.82) is 0 Å². The first kappa shape index (κ1) is 20.9. The average Bonchev–Trinajstić information content (AvgIpc) is 2.72. The number of nitrogens with zero attached hydrogens (tertiary/aromatic N) is 2. The minimum Gasteiger partial charge on any atom is -0.325 e. The fraction of sp³-hybridized carbons (Fsp3) is 0.0952. The van der Waals surface area contributed by atoms with Gasteiger partial charge in [-0.05, 0) is 30.5 Å². The minimum atomic E-state index is -0.638. The van der Waals surface area contributed by atoms with E-state index in [0.717, 1.165) is 16.8 Å². The van der Waals surface area contributed by atoms with Gasteiger partial charge in [-0.3, -0.25) is 19.7 Å². The molecule has 0 fully saturated rings. The van der Waals surface area contributed by atoms with Crippen LogP contribution in [0.1, 0.15) is 23.7 Å². The molecule has 0 aliphatic carbocycles. The van der Waals surface area contributed by atoms with Crippen molar-refractivity contribution in [2.24, 2.45) is 5.10 Å². The number of fused-ring (bicyclic) bond motifs is 1. The first-order valence-electron chi connectivity index (χ1n) is 8.90. The summed E-state index contributed by atoms with van der Waals surface area (Å²) < 4.78 is 0. The molecule has 0 saturated heterocycles. The Hall–Kier alpha value is -3.78. The van der Waals surface area contributed by atoms with E-state index >= 15 is 0 Å². The zero-order valence-electron chi connectivity index (χ0n) is 15.9. The summed E-state index contributed by atoms with van der Waals surface area (Å²) in [6.07, 6.45) is -0.0233. The Morgan fingerprint density at radius 2 is 1.83 bits per heavy atom. The summed E-state index contributed by atoms with van der Waals surface area (Å²) in [7, 11) is 0. The standard InChI is InChI=1S/C21H17ClN4O4/c1-13(24-25-21(28)15-9-10-19(26(29)30)17(22)12-15)11-20(27)23-18-8-4-6-14-5-2-3-7-16(14)18/h2-10,12H,11H2,1H3,(H,23,27)(H,25,28)/b24-13+. The van der Waals surface area contributed by atoms with Crippen LogP contribution in [0.2, 0.25) is 5.02 Å². The van der Waals surface area contributed by atoms with Gasteiger partial charge in [0.25, 0.3) is 11.6 Å². The lowest BCUT2D eigenvalue weighted by Gasteiger charge is -2.09. The van der Waals surface area contributed by atoms with Gasteiger partial charge in [0.05, 0.1) is 11.3 Å². The number of amides is 2. The van der Waals surface area contributed by atoms with Crippen LogP contribution in [0.5, 0.6) is 0 Å². The average molecular weight is 425 g/mol. The second kappa shape index (κ2) is 9.15. The highest BCUT2D eigenvalue weighted by Gasteiger charge is 2.15. The Kier molecular flexibility index (Phi) is 6.38. The SMILES string of the molecule is C/C(CC(=O)Nc1cccc2ccccc12)=N\NC(=O)c1ccc([N+](=O)[O-])c(Cl)c1. The number of rotatable bonds is 6. The fourth-order valence-electron chi connectivity index (χ4n) is 2.81. The largest absolute Gasteiger partial charge is 0.325 e. The number of anilines is 1. The van der Waals surface area contributed by atoms with E-state index in [1.807, 2.05) is 42.5 Å². The molecule has 3 aromatic carbocycles. The van der Waals surface area contributed by atoms with E-state index in [1.165, 1.54) is 12.1 Å². The van der Waals surface area contributed by atoms with Crippen molar-refractivity contribution in [2.75, 3.05) is 5.32 Å². The molecule has 0 aliphatic rings. The van der Waals surface area contributed by atoms with Crippen LogP contribution in [-0.2, 0) is 4.79 Å². The normalized spacial score (nSPS) is 11.2. The number of nitro benzene ring substituents is 1. The summed E-state index contributed by atoms with van der Waals surface area (Å²) in [4.78, 5) is 34.6. The zero-order chi connectivity index (χ0) is 21.7. The van der Waals surface area contributed by atoms with Gasteiger partial charge in [0, 0.05) is 28.4 Å². The molecule has 0 radical (unpaired) electrons. The molecule has 0 aromatic heterocycles. The lowest BCUT2D eigenvalue weighted by molar-refractivity contribution is -0.384. The Bertz CT molecular complexity index is 1170. The highest BCUT2D eigenvalue weighted by atomic mass is 35.5. The molecule has 0 aliphatic heterocycles. The Labute approximate surface area is 176 Å². The van der Waals surface area contributed by atoms with Crippen molar-refractivity contribution in [1.82, 2.24) is 5.43 Å². The molecule has 2 N–H and O–H groups in total. The highest BCUT2D eigenvalue weighted by molar-refractivity contribution is 6.33. The van der Waals surface area contributed by atoms with Crippen LogP contribution in [-0.4, -0.2) is 22.4 Å². The van der Waals surface area contributed by atoms with Crippen LogP contribution >= 0.6 is 11.6 Å². The summed E-state index contributed by atoms with van der Waals surface area (Å²) in [5.74, 6) is -0.874. The summed E-state index contributed by atoms with van der Waals surface area (Å²) in [5.41, 5.74) is 3.21. The van der Waals surface area contributed by atoms with Crippen LogP contribution in [0.15, 0.2) is 65.8 Å². The first-order valence-corrected chi connectivity index (χ1v) is 9.28. The van der Waals surface area contributed by atoms with Crippen molar-refractivity contribution < 1.29 is 14.5 Å². The number of hydrogen-bond donors (Lipinski definition) is 2. The van der Waals surface area contributed by atoms with E-state index in [4.69, 9.17) is 11.6 Å². The number of hydrogen-bond acceptors (Lipinski definition) is 5. The van der Waals surface area contributed by atoms with Crippen LogP contribution in [0.25, 0.3) is 10.8 Å². The number of nitro groups is 1. The van der Waals surface area contributed by atoms with E-state index in [1.54, 1.807) is 6.92 Å². The molecule has 30 heavy (non-hydrogen) atoms. The highest BCUT2D eigenvalue weighted by Crippen LogP contribution is 2.25. The smallest absolute Gasteiger partial charge is 0.287 e. The number of hydrazone groups is 1. The van der Waals surface area contributed by atoms with Crippen LogP contribution in [0, 0.1) is 10.1 Å². The molecule has 8 nitrogen and oxygen atoms in total. The van der Waals surface area contributed by atoms with Crippen LogP contribution in [0.3, 0.4) is 0 Å². The Balaban J connectivity index is 1.62. The molecular weight excluding hydrogens is 408 g/mol. The summed E-state index contributed by atoms with van der Waals surface area (Å²) in [6, 6.07) is 16.9. The van der Waals surface area contributed by atoms with Crippen molar-refractivity contribution in [3.8, 4) is 0 Å². The summed E-state index contributed by atoms with van der Waals surface area (Å²) in [6.45, 7) is 1.60. The summed E-state index contributed by atoms with van der Waals surface area (Å²) >= 11 is 5.81. The molecule has 2 amide bonds. The zero-order valence-corrected chi connectivity index (χ0v) is 16.6. The molecule has 0 bridgehead atoms. The number of carbonyl (C=O) groups is 2. The van der Waals surface area contributed by atoms with Gasteiger partial charge in [0.2, 0.25) is 5.91 Å². The van der Waals surface area contributed by atoms with E-state index in [-0.39, 0.29) is 28.6 Å². The molecule has 9 heteroatoms. The molecule has 0 atom stereocenters. The van der Waals surface area contributed by atoms with Gasteiger partial charge >= 0.3 is 0 Å². The molecule has 0 spiro atoms. The third-order valence-corrected chi connectivity index (χ3v) is 4.54. The van der Waals surface area contributed by atoms with Gasteiger partial charge in [0.1, 0.15) is 5.02 Å². The molecular formula is C21H17ClN4O4. The topological polar surface area (TPSA) is 114 Å². The third-order valence-electron chi connectivity index (χ3n) is 4.23. The van der Waals surface area contributed by atoms with Gasteiger partial charge in [0.15, 0.2) is 0 Å². The maximum Gasteiger partial charge on any atom is 0.287 e. The predicted molar refractivity (Wildman–Crippen MR) is 116 cm³/mol. The van der Waals surface area contributed by atoms with E-state index in [9.17, 15) is 19.7 Å². The minimum absolute atomic E-state index is 0.0233. The van der Waals surface area contributed by atoms with Crippen molar-refractivity contribution >= 4 is 51.3 Å². The molecule has 0 unspecified atom stereocenters. The van der Waals surface area contributed by atoms with Gasteiger partial charge in [-0.25, -0.2) is 5.43 Å². The number of benzene rings is 3. The number of carbonyl (C=O) groups excluding carboxylic acids is 2. The molecule has 0 saturated carbocycles. The molecule has 152 valence electrons. The maximum absolute atomic E-state index is 12.3. The monoisotopic (exact) mass is 424 g/mol. The lowest BCUT2D eigenvalue weighted by Crippen LogP contribution is -2.21. The van der Waals surface area contributed by atoms with Crippen molar-refractivity contribution in [3.63, 3.8) is 0 Å². The van der Waals surface area contributed by atoms with Gasteiger partial charge in [-0.2, -0.15) is 5.10 Å². The van der Waals surface area contributed by atoms with E-state index in [0.29, 0.717) is 11.4 Å². The quantitative estimate of drug-likeness (QED) is 0.343. The van der Waals surface area contributed by atoms with Crippen molar-refractivity contribution in [3.05, 3.63) is 81.4 Å². The molecule has 3 aromatic rings. The number of nitrogens with one attached hydrogen (secondary N) is 2. The molecule has 3 rings (SSSR count). The maximum atomic E-state index is 12.3. The van der Waals surface area contributed by atoms with E-state index < -0.39 is 10.8 Å². The second-order valence-electron chi connectivity index (χ2n) is 6.46. The van der Waals surface area contributed by atoms with Gasteiger partial charge < -0.3 is 5.32 Å². The number of halogens is 1. The van der Waals surface area contributed by atoms with Crippen LogP contribution < -0.4 is 10.7 Å². The lowest BCUT2D eigenvalue weighted by atomic mass is 10.1. The van der Waals surface area contributed by atoms with Crippen LogP contribution in [0.4, 0.5) is 11.4 Å². The summed E-state index contributed by atoms with van der Waals surface area (Å²) in [5, 5.41) is 19.3. The predicted octanol–water partition coefficient (Wildman–Crippen LogP) is 4.54. The first-order chi connectivity index (χ1) is 14.3. The van der Waals surface area contributed by atoms with Gasteiger partial charge in [-0.15, -0.1) is 0 Å². The molecule has 0 heterocycles. The Morgan fingerprint density at radius 3 is 2.57 bits per heavy atom. The third kappa shape index (κ3) is 4.98. The fourth-order valence-corrected chi connectivity index (χ4v) is 3.06. The Morgan fingerprint density at radius 1 is 1.10 bits per heavy atom. The van der Waals surface area contributed by atoms with Gasteiger partial charge in [-0.1, -0.05) is 48.0 Å². The second-order valence-corrected chi connectivity index (χ2v) is 6.87. The van der Waals surface area contributed by atoms with E-state index in [2.05, 4.69) is 15.8 Å².